The first-order valence-electron chi connectivity index (χ1n) is 4.38. The van der Waals surface area contributed by atoms with Crippen molar-refractivity contribution in [2.75, 3.05) is 7.11 Å². The molecule has 72 valence electrons. The van der Waals surface area contributed by atoms with Gasteiger partial charge in [0, 0.05) is 6.42 Å². The van der Waals surface area contributed by atoms with Crippen LogP contribution in [0, 0.1) is 12.3 Å². The number of methoxy groups -OCH3 is 1. The molecule has 1 aromatic carbocycles. The largest absolute Gasteiger partial charge is 0.465 e. The van der Waals surface area contributed by atoms with Gasteiger partial charge in [-0.3, -0.25) is 0 Å². The topological polar surface area (TPSA) is 26.3 Å². The third-order valence-corrected chi connectivity index (χ3v) is 1.91. The highest BCUT2D eigenvalue weighted by molar-refractivity contribution is 5.89. The molecule has 0 aromatic heterocycles. The number of esters is 1. The molecular formula is C12H12O2. The third kappa shape index (κ3) is 2.63. The summed E-state index contributed by atoms with van der Waals surface area (Å²) in [7, 11) is 1.37. The maximum absolute atomic E-state index is 11.2. The summed E-state index contributed by atoms with van der Waals surface area (Å²) in [5, 5.41) is 0. The first-order valence-corrected chi connectivity index (χ1v) is 4.38. The van der Waals surface area contributed by atoms with Crippen molar-refractivity contribution >= 4 is 5.97 Å². The Balaban J connectivity index is 2.79. The molecule has 0 N–H and O–H groups in total. The molecule has 0 unspecified atom stereocenters. The van der Waals surface area contributed by atoms with Gasteiger partial charge >= 0.3 is 5.97 Å². The van der Waals surface area contributed by atoms with E-state index in [1.165, 1.54) is 7.11 Å². The van der Waals surface area contributed by atoms with Gasteiger partial charge in [-0.1, -0.05) is 12.1 Å². The van der Waals surface area contributed by atoms with Crippen LogP contribution < -0.4 is 0 Å². The van der Waals surface area contributed by atoms with Crippen molar-refractivity contribution in [3.05, 3.63) is 35.4 Å². The number of hydrogen-bond acceptors (Lipinski definition) is 2. The van der Waals surface area contributed by atoms with E-state index in [0.29, 0.717) is 12.0 Å². The van der Waals surface area contributed by atoms with E-state index in [-0.39, 0.29) is 5.97 Å². The van der Waals surface area contributed by atoms with Gasteiger partial charge in [-0.15, -0.1) is 12.3 Å². The second-order valence-corrected chi connectivity index (χ2v) is 2.90. The van der Waals surface area contributed by atoms with Gasteiger partial charge in [0.15, 0.2) is 0 Å². The van der Waals surface area contributed by atoms with E-state index in [9.17, 15) is 4.79 Å². The van der Waals surface area contributed by atoms with Gasteiger partial charge in [0.05, 0.1) is 12.7 Å². The summed E-state index contributed by atoms with van der Waals surface area (Å²) in [6, 6.07) is 7.32. The maximum Gasteiger partial charge on any atom is 0.337 e. The Kier molecular flexibility index (Phi) is 3.75. The van der Waals surface area contributed by atoms with Gasteiger partial charge < -0.3 is 4.74 Å². The van der Waals surface area contributed by atoms with Crippen LogP contribution in [-0.2, 0) is 11.2 Å². The van der Waals surface area contributed by atoms with E-state index in [1.807, 2.05) is 18.2 Å². The molecule has 1 rings (SSSR count). The van der Waals surface area contributed by atoms with Gasteiger partial charge in [0.25, 0.3) is 0 Å². The molecule has 0 saturated heterocycles. The van der Waals surface area contributed by atoms with Crippen molar-refractivity contribution < 1.29 is 9.53 Å². The quantitative estimate of drug-likeness (QED) is 0.536. The second-order valence-electron chi connectivity index (χ2n) is 2.90. The summed E-state index contributed by atoms with van der Waals surface area (Å²) in [5.74, 6) is 2.25. The molecular weight excluding hydrogens is 176 g/mol. The Morgan fingerprint density at radius 2 is 2.36 bits per heavy atom. The van der Waals surface area contributed by atoms with Crippen molar-refractivity contribution in [3.8, 4) is 12.3 Å². The van der Waals surface area contributed by atoms with Gasteiger partial charge in [-0.2, -0.15) is 0 Å². The molecule has 14 heavy (non-hydrogen) atoms. The Labute approximate surface area is 83.9 Å². The van der Waals surface area contributed by atoms with Crippen LogP contribution in [0.5, 0.6) is 0 Å². The molecule has 0 spiro atoms. The van der Waals surface area contributed by atoms with Gasteiger partial charge in [0.1, 0.15) is 0 Å². The minimum Gasteiger partial charge on any atom is -0.465 e. The van der Waals surface area contributed by atoms with E-state index < -0.39 is 0 Å². The molecule has 0 bridgehead atoms. The number of carbonyl (C=O) groups is 1. The van der Waals surface area contributed by atoms with Crippen molar-refractivity contribution in [2.45, 2.75) is 12.8 Å². The number of rotatable bonds is 3. The van der Waals surface area contributed by atoms with E-state index in [2.05, 4.69) is 10.7 Å². The number of benzene rings is 1. The standard InChI is InChI=1S/C12H12O2/c1-3-4-6-10-7-5-8-11(9-10)12(13)14-2/h1,5,7-9H,4,6H2,2H3. The average Bonchev–Trinajstić information content (AvgIpc) is 2.25. The second kappa shape index (κ2) is 5.08. The van der Waals surface area contributed by atoms with Crippen LogP contribution >= 0.6 is 0 Å². The molecule has 0 atom stereocenters. The van der Waals surface area contributed by atoms with Crippen LogP contribution in [0.2, 0.25) is 0 Å². The Morgan fingerprint density at radius 1 is 1.57 bits per heavy atom. The smallest absolute Gasteiger partial charge is 0.337 e. The molecule has 0 amide bonds. The van der Waals surface area contributed by atoms with Crippen molar-refractivity contribution in [3.63, 3.8) is 0 Å². The lowest BCUT2D eigenvalue weighted by Gasteiger charge is -2.01. The van der Waals surface area contributed by atoms with Crippen molar-refractivity contribution in [2.24, 2.45) is 0 Å². The lowest BCUT2D eigenvalue weighted by Crippen LogP contribution is -2.01. The average molecular weight is 188 g/mol. The summed E-state index contributed by atoms with van der Waals surface area (Å²) in [6.07, 6.45) is 6.64. The molecule has 0 aliphatic heterocycles. The zero-order valence-corrected chi connectivity index (χ0v) is 8.12. The first-order chi connectivity index (χ1) is 6.77. The monoisotopic (exact) mass is 188 g/mol. The number of aryl methyl sites for hydroxylation is 1. The van der Waals surface area contributed by atoms with Crippen LogP contribution in [0.1, 0.15) is 22.3 Å². The summed E-state index contributed by atoms with van der Waals surface area (Å²) >= 11 is 0. The Bertz CT molecular complexity index is 361. The summed E-state index contributed by atoms with van der Waals surface area (Å²) in [5.41, 5.74) is 1.63. The zero-order chi connectivity index (χ0) is 10.4. The van der Waals surface area contributed by atoms with Crippen molar-refractivity contribution in [1.82, 2.24) is 0 Å². The SMILES string of the molecule is C#CCCc1cccc(C(=O)OC)c1. The molecule has 0 fully saturated rings. The molecule has 0 saturated carbocycles. The number of hydrogen-bond donors (Lipinski definition) is 0. The highest BCUT2D eigenvalue weighted by Crippen LogP contribution is 2.08. The number of ether oxygens (including phenoxy) is 1. The van der Waals surface area contributed by atoms with Crippen LogP contribution in [0.4, 0.5) is 0 Å². The molecule has 0 heterocycles. The zero-order valence-electron chi connectivity index (χ0n) is 8.12. The fraction of sp³-hybridized carbons (Fsp3) is 0.250. The predicted octanol–water partition coefficient (Wildman–Crippen LogP) is 2.04. The maximum atomic E-state index is 11.2. The molecule has 2 heteroatoms. The summed E-state index contributed by atoms with van der Waals surface area (Å²) in [4.78, 5) is 11.2. The highest BCUT2D eigenvalue weighted by atomic mass is 16.5. The molecule has 0 aliphatic rings. The number of carbonyl (C=O) groups excluding carboxylic acids is 1. The lowest BCUT2D eigenvalue weighted by molar-refractivity contribution is 0.0600. The highest BCUT2D eigenvalue weighted by Gasteiger charge is 2.04. The molecule has 0 radical (unpaired) electrons. The summed E-state index contributed by atoms with van der Waals surface area (Å²) < 4.78 is 4.62. The normalized spacial score (nSPS) is 9.14. The van der Waals surface area contributed by atoms with E-state index in [1.54, 1.807) is 6.07 Å². The summed E-state index contributed by atoms with van der Waals surface area (Å²) in [6.45, 7) is 0. The van der Waals surface area contributed by atoms with Crippen LogP contribution in [0.25, 0.3) is 0 Å². The van der Waals surface area contributed by atoms with E-state index in [4.69, 9.17) is 6.42 Å². The molecule has 0 aliphatic carbocycles. The molecule has 1 aromatic rings. The van der Waals surface area contributed by atoms with Crippen molar-refractivity contribution in [1.29, 1.82) is 0 Å². The molecule has 2 nitrogen and oxygen atoms in total. The minimum atomic E-state index is -0.312. The van der Waals surface area contributed by atoms with Crippen LogP contribution in [0.15, 0.2) is 24.3 Å². The fourth-order valence-corrected chi connectivity index (χ4v) is 1.19. The van der Waals surface area contributed by atoms with Crippen LogP contribution in [-0.4, -0.2) is 13.1 Å². The van der Waals surface area contributed by atoms with E-state index in [0.717, 1.165) is 12.0 Å². The van der Waals surface area contributed by atoms with Gasteiger partial charge in [0.2, 0.25) is 0 Å². The first kappa shape index (κ1) is 10.3. The predicted molar refractivity (Wildman–Crippen MR) is 54.9 cm³/mol. The Hall–Kier alpha value is -1.75. The minimum absolute atomic E-state index is 0.312. The van der Waals surface area contributed by atoms with E-state index >= 15 is 0 Å². The number of terminal acetylenes is 1. The third-order valence-electron chi connectivity index (χ3n) is 1.91. The lowest BCUT2D eigenvalue weighted by atomic mass is 10.1. The fourth-order valence-electron chi connectivity index (χ4n) is 1.19. The van der Waals surface area contributed by atoms with Gasteiger partial charge in [-0.25, -0.2) is 4.79 Å². The Morgan fingerprint density at radius 3 is 3.00 bits per heavy atom. The van der Waals surface area contributed by atoms with Crippen LogP contribution in [0.3, 0.4) is 0 Å². The van der Waals surface area contributed by atoms with Gasteiger partial charge in [-0.05, 0) is 24.1 Å².